The molecule has 0 N–H and O–H groups in total. The molecule has 253 valence electrons. The predicted molar refractivity (Wildman–Crippen MR) is 205 cm³/mol. The van der Waals surface area contributed by atoms with E-state index < -0.39 is 29.3 Å². The Kier molecular flexibility index (Phi) is 27.2. The lowest BCUT2D eigenvalue weighted by molar-refractivity contribution is -0.170. The van der Waals surface area contributed by atoms with E-state index in [0.29, 0.717) is 5.16 Å². The van der Waals surface area contributed by atoms with Crippen LogP contribution in [0.15, 0.2) is 25.3 Å². The highest BCUT2D eigenvalue weighted by Crippen LogP contribution is 2.61. The Bertz CT molecular complexity index is 802. The molecular formula is C29H50BIO8PS4. The van der Waals surface area contributed by atoms with Crippen molar-refractivity contribution < 1.29 is 38.1 Å². The lowest BCUT2D eigenvalue weighted by atomic mass is 9.69. The van der Waals surface area contributed by atoms with E-state index in [1.807, 2.05) is 12.2 Å². The van der Waals surface area contributed by atoms with Crippen LogP contribution >= 0.6 is 78.0 Å². The van der Waals surface area contributed by atoms with Crippen molar-refractivity contribution in [3.8, 4) is 0 Å². The molecule has 1 atom stereocenters. The van der Waals surface area contributed by atoms with E-state index in [0.717, 1.165) is 12.8 Å². The molecule has 0 spiro atoms. The first-order chi connectivity index (χ1) is 20.6. The molecule has 0 aromatic carbocycles. The number of hydrogen-bond acceptors (Lipinski definition) is 12. The molecule has 0 aliphatic rings. The van der Waals surface area contributed by atoms with Crippen LogP contribution in [0.25, 0.3) is 0 Å². The van der Waals surface area contributed by atoms with Gasteiger partial charge in [0.25, 0.3) is 0 Å². The van der Waals surface area contributed by atoms with Crippen LogP contribution in [0.4, 0.5) is 0 Å². The van der Waals surface area contributed by atoms with E-state index in [2.05, 4.69) is 120 Å². The Morgan fingerprint density at radius 2 is 0.955 bits per heavy atom. The van der Waals surface area contributed by atoms with Crippen molar-refractivity contribution in [2.24, 2.45) is 5.41 Å². The first-order valence-electron chi connectivity index (χ1n) is 14.2. The molecule has 0 aromatic rings. The van der Waals surface area contributed by atoms with E-state index in [4.69, 9.17) is 18.9 Å². The fourth-order valence-corrected chi connectivity index (χ4v) is 8.14. The second-order valence-corrected chi connectivity index (χ2v) is 18.3. The maximum absolute atomic E-state index is 11.8. The standard InChI is InChI=1S/C17H28O8S4.C12H22BIP/c18-13(1-5-26)22-9-17(10-23-14(19)2-6-27,11-24-15(20)3-7-28)12-25-16(21)4-8-29;1-7-9-11(3,4)13-15(14)12(5,6)10-8-2/h26-29H,1-12H2;7-8H,1-2,9-10H2,3-6H3. The van der Waals surface area contributed by atoms with Crippen LogP contribution in [0.5, 0.6) is 0 Å². The Balaban J connectivity index is 0. The average Bonchev–Trinajstić information content (AvgIpc) is 2.93. The van der Waals surface area contributed by atoms with Crippen molar-refractivity contribution in [3.63, 3.8) is 0 Å². The van der Waals surface area contributed by atoms with Crippen LogP contribution in [-0.2, 0) is 38.1 Å². The van der Waals surface area contributed by atoms with Gasteiger partial charge in [-0.05, 0) is 18.0 Å². The van der Waals surface area contributed by atoms with E-state index in [9.17, 15) is 19.2 Å². The molecule has 44 heavy (non-hydrogen) atoms. The first kappa shape index (κ1) is 46.1. The summed E-state index contributed by atoms with van der Waals surface area (Å²) in [6.45, 7) is 18.3. The average molecular weight is 824 g/mol. The maximum Gasteiger partial charge on any atom is 0.306 e. The van der Waals surface area contributed by atoms with E-state index in [-0.39, 0.29) is 85.9 Å². The lowest BCUT2D eigenvalue weighted by Gasteiger charge is -2.34. The topological polar surface area (TPSA) is 105 Å². The molecule has 15 heteroatoms. The molecule has 0 saturated heterocycles. The molecule has 1 unspecified atom stereocenters. The highest BCUT2D eigenvalue weighted by molar-refractivity contribution is 14.2. The van der Waals surface area contributed by atoms with Crippen molar-refractivity contribution in [3.05, 3.63) is 25.3 Å². The fourth-order valence-electron chi connectivity index (χ4n) is 3.18. The minimum absolute atomic E-state index is 0.0670. The molecule has 0 aliphatic heterocycles. The summed E-state index contributed by atoms with van der Waals surface area (Å²) in [6, 6.07) is 0. The number of thiol groups is 4. The number of rotatable bonds is 23. The first-order valence-corrected chi connectivity index (χ1v) is 20.9. The van der Waals surface area contributed by atoms with Gasteiger partial charge >= 0.3 is 23.9 Å². The summed E-state index contributed by atoms with van der Waals surface area (Å²) < 4.78 is 20.9. The molecule has 0 aliphatic carbocycles. The molecule has 0 bridgehead atoms. The lowest BCUT2D eigenvalue weighted by Crippen LogP contribution is -2.44. The molecule has 0 rings (SSSR count). The summed E-state index contributed by atoms with van der Waals surface area (Å²) >= 11 is 18.5. The van der Waals surface area contributed by atoms with Gasteiger partial charge in [0.2, 0.25) is 0 Å². The SMILES string of the molecule is C=CCC(C)(C)[B]P(I)C(C)(C)CC=C.O=C(CCS)OCC(COC(=O)CCS)(COC(=O)CCS)COC(=O)CCS. The smallest absolute Gasteiger partial charge is 0.306 e. The van der Waals surface area contributed by atoms with Gasteiger partial charge < -0.3 is 18.9 Å². The van der Waals surface area contributed by atoms with Crippen LogP contribution in [0, 0.1) is 5.41 Å². The minimum atomic E-state index is -1.25. The number of esters is 4. The van der Waals surface area contributed by atoms with Gasteiger partial charge in [0.1, 0.15) is 31.8 Å². The summed E-state index contributed by atoms with van der Waals surface area (Å²) in [5.41, 5.74) is -1.36. The molecule has 0 aromatic heterocycles. The van der Waals surface area contributed by atoms with Crippen molar-refractivity contribution in [2.75, 3.05) is 49.4 Å². The summed E-state index contributed by atoms with van der Waals surface area (Å²) in [6.07, 6.45) is 6.45. The normalized spacial score (nSPS) is 12.1. The number of allylic oxidation sites excluding steroid dienone is 2. The summed E-state index contributed by atoms with van der Waals surface area (Å²) in [7, 11) is 0. The van der Waals surface area contributed by atoms with Gasteiger partial charge in [-0.15, -0.1) is 13.2 Å². The summed E-state index contributed by atoms with van der Waals surface area (Å²) in [5, 5.41) is 0.628. The molecule has 8 nitrogen and oxygen atoms in total. The monoisotopic (exact) mass is 823 g/mol. The highest BCUT2D eigenvalue weighted by atomic mass is 127. The second kappa shape index (κ2) is 26.0. The van der Waals surface area contributed by atoms with Gasteiger partial charge in [0.05, 0.1) is 25.7 Å². The predicted octanol–water partition coefficient (Wildman–Crippen LogP) is 6.99. The Hall–Kier alpha value is -0.0151. The third-order valence-electron chi connectivity index (χ3n) is 5.78. The van der Waals surface area contributed by atoms with E-state index in [1.165, 1.54) is 0 Å². The third-order valence-corrected chi connectivity index (χ3v) is 13.7. The zero-order chi connectivity index (χ0) is 34.2. The van der Waals surface area contributed by atoms with Gasteiger partial charge in [-0.1, -0.05) is 72.6 Å². The summed E-state index contributed by atoms with van der Waals surface area (Å²) in [5.74, 6) is -0.978. The van der Waals surface area contributed by atoms with Crippen LogP contribution < -0.4 is 0 Å². The van der Waals surface area contributed by atoms with Crippen LogP contribution in [0.3, 0.4) is 0 Å². The molecular weight excluding hydrogens is 773 g/mol. The Morgan fingerprint density at radius 3 is 1.20 bits per heavy atom. The number of hydrogen-bond donors (Lipinski definition) is 4. The number of ether oxygens (including phenoxy) is 4. The zero-order valence-electron chi connectivity index (χ0n) is 26.4. The summed E-state index contributed by atoms with van der Waals surface area (Å²) in [4.78, 5) is 47.1. The molecule has 0 amide bonds. The number of halogens is 1. The van der Waals surface area contributed by atoms with Gasteiger partial charge in [0.15, 0.2) is 7.00 Å². The van der Waals surface area contributed by atoms with Gasteiger partial charge in [-0.2, -0.15) is 50.5 Å². The largest absolute Gasteiger partial charge is 0.465 e. The van der Waals surface area contributed by atoms with Gasteiger partial charge in [-0.3, -0.25) is 19.2 Å². The maximum atomic E-state index is 11.8. The fraction of sp³-hybridized carbons (Fsp3) is 0.724. The number of carbonyl (C=O) groups excluding carboxylic acids is 4. The van der Waals surface area contributed by atoms with Crippen molar-refractivity contribution >= 4 is 109 Å². The van der Waals surface area contributed by atoms with E-state index in [1.54, 1.807) is 0 Å². The minimum Gasteiger partial charge on any atom is -0.465 e. The van der Waals surface area contributed by atoms with Crippen molar-refractivity contribution in [1.82, 2.24) is 0 Å². The Labute approximate surface area is 301 Å². The van der Waals surface area contributed by atoms with Crippen LogP contribution in [-0.4, -0.2) is 85.5 Å². The highest BCUT2D eigenvalue weighted by Gasteiger charge is 2.38. The quantitative estimate of drug-likeness (QED) is 0.0166. The van der Waals surface area contributed by atoms with Crippen LogP contribution in [0.2, 0.25) is 5.31 Å². The second-order valence-electron chi connectivity index (χ2n) is 11.3. The number of carbonyl (C=O) groups is 4. The van der Waals surface area contributed by atoms with Crippen molar-refractivity contribution in [2.45, 2.75) is 76.7 Å². The Morgan fingerprint density at radius 1 is 0.659 bits per heavy atom. The van der Waals surface area contributed by atoms with Gasteiger partial charge in [0, 0.05) is 23.0 Å². The van der Waals surface area contributed by atoms with Crippen molar-refractivity contribution in [1.29, 1.82) is 0 Å². The molecule has 0 fully saturated rings. The van der Waals surface area contributed by atoms with Gasteiger partial charge in [-0.25, -0.2) is 0 Å². The zero-order valence-corrected chi connectivity index (χ0v) is 33.1. The molecule has 0 saturated carbocycles. The van der Waals surface area contributed by atoms with E-state index >= 15 is 0 Å². The molecule has 0 heterocycles. The third kappa shape index (κ3) is 23.3. The molecule has 1 radical (unpaired) electrons. The van der Waals surface area contributed by atoms with Crippen LogP contribution in [0.1, 0.15) is 66.2 Å².